The molecule has 90 valence electrons. The van der Waals surface area contributed by atoms with E-state index in [0.29, 0.717) is 6.04 Å². The predicted molar refractivity (Wildman–Crippen MR) is 70.7 cm³/mol. The molecule has 1 rings (SSSR count). The molecule has 0 saturated heterocycles. The average molecular weight is 220 g/mol. The molecule has 0 aliphatic rings. The van der Waals surface area contributed by atoms with Gasteiger partial charge < -0.3 is 10.6 Å². The number of rotatable bonds is 7. The number of nitrogens with one attached hydrogen (secondary N) is 2. The summed E-state index contributed by atoms with van der Waals surface area (Å²) >= 11 is 0. The van der Waals surface area contributed by atoms with Crippen LogP contribution in [0, 0.1) is 0 Å². The van der Waals surface area contributed by atoms with Crippen molar-refractivity contribution < 1.29 is 0 Å². The fraction of sp³-hybridized carbons (Fsp3) is 0.571. The van der Waals surface area contributed by atoms with E-state index in [1.54, 1.807) is 0 Å². The molecular formula is C14H24N2. The molecule has 0 unspecified atom stereocenters. The lowest BCUT2D eigenvalue weighted by molar-refractivity contribution is 0.555. The Labute approximate surface area is 99.5 Å². The van der Waals surface area contributed by atoms with E-state index in [9.17, 15) is 0 Å². The van der Waals surface area contributed by atoms with Crippen LogP contribution < -0.4 is 10.6 Å². The minimum Gasteiger partial charge on any atom is -0.313 e. The van der Waals surface area contributed by atoms with Crippen molar-refractivity contribution >= 4 is 0 Å². The van der Waals surface area contributed by atoms with E-state index in [0.717, 1.165) is 26.1 Å². The van der Waals surface area contributed by atoms with Crippen molar-refractivity contribution in [3.05, 3.63) is 35.4 Å². The van der Waals surface area contributed by atoms with Crippen molar-refractivity contribution in [2.75, 3.05) is 13.1 Å². The van der Waals surface area contributed by atoms with Gasteiger partial charge in [0.25, 0.3) is 0 Å². The van der Waals surface area contributed by atoms with Gasteiger partial charge in [0.1, 0.15) is 0 Å². The molecule has 0 aliphatic heterocycles. The summed E-state index contributed by atoms with van der Waals surface area (Å²) in [7, 11) is 0. The van der Waals surface area contributed by atoms with Crippen LogP contribution in [-0.2, 0) is 13.0 Å². The molecule has 2 heteroatoms. The minimum atomic E-state index is 0.574. The van der Waals surface area contributed by atoms with Gasteiger partial charge >= 0.3 is 0 Å². The van der Waals surface area contributed by atoms with Crippen LogP contribution >= 0.6 is 0 Å². The van der Waals surface area contributed by atoms with Gasteiger partial charge in [-0.15, -0.1) is 0 Å². The van der Waals surface area contributed by atoms with Crippen LogP contribution in [0.25, 0.3) is 0 Å². The second-order valence-electron chi connectivity index (χ2n) is 4.41. The predicted octanol–water partition coefficient (Wildman–Crippen LogP) is 2.34. The molecule has 0 radical (unpaired) electrons. The third kappa shape index (κ3) is 4.77. The topological polar surface area (TPSA) is 24.1 Å². The van der Waals surface area contributed by atoms with Crippen molar-refractivity contribution in [3.8, 4) is 0 Å². The van der Waals surface area contributed by atoms with Gasteiger partial charge in [0.05, 0.1) is 0 Å². The highest BCUT2D eigenvalue weighted by Crippen LogP contribution is 2.08. The Morgan fingerprint density at radius 1 is 1.06 bits per heavy atom. The van der Waals surface area contributed by atoms with Gasteiger partial charge in [0.2, 0.25) is 0 Å². The van der Waals surface area contributed by atoms with Crippen molar-refractivity contribution in [3.63, 3.8) is 0 Å². The molecule has 16 heavy (non-hydrogen) atoms. The number of aryl methyl sites for hydroxylation is 1. The lowest BCUT2D eigenvalue weighted by atomic mass is 10.1. The van der Waals surface area contributed by atoms with Gasteiger partial charge in [-0.25, -0.2) is 0 Å². The lowest BCUT2D eigenvalue weighted by Gasteiger charge is -2.11. The van der Waals surface area contributed by atoms with E-state index in [-0.39, 0.29) is 0 Å². The quantitative estimate of drug-likeness (QED) is 0.689. The molecule has 0 fully saturated rings. The third-order valence-corrected chi connectivity index (χ3v) is 2.67. The second kappa shape index (κ2) is 7.42. The summed E-state index contributed by atoms with van der Waals surface area (Å²) in [6, 6.07) is 9.22. The van der Waals surface area contributed by atoms with Gasteiger partial charge in [-0.1, -0.05) is 45.0 Å². The molecule has 1 aromatic carbocycles. The molecule has 0 spiro atoms. The first kappa shape index (κ1) is 13.2. The summed E-state index contributed by atoms with van der Waals surface area (Å²) in [5.41, 5.74) is 2.88. The first-order valence-electron chi connectivity index (χ1n) is 6.25. The van der Waals surface area contributed by atoms with Crippen LogP contribution in [-0.4, -0.2) is 19.1 Å². The molecule has 2 nitrogen and oxygen atoms in total. The van der Waals surface area contributed by atoms with E-state index in [2.05, 4.69) is 55.7 Å². The zero-order chi connectivity index (χ0) is 11.8. The SMILES string of the molecule is CCc1ccccc1CNCCNC(C)C. The second-order valence-corrected chi connectivity index (χ2v) is 4.41. The van der Waals surface area contributed by atoms with E-state index >= 15 is 0 Å². The molecule has 0 bridgehead atoms. The Hall–Kier alpha value is -0.860. The maximum atomic E-state index is 3.47. The van der Waals surface area contributed by atoms with Crippen molar-refractivity contribution in [2.45, 2.75) is 39.8 Å². The van der Waals surface area contributed by atoms with Crippen molar-refractivity contribution in [2.24, 2.45) is 0 Å². The normalized spacial score (nSPS) is 11.0. The van der Waals surface area contributed by atoms with E-state index in [4.69, 9.17) is 0 Å². The minimum absolute atomic E-state index is 0.574. The third-order valence-electron chi connectivity index (χ3n) is 2.67. The number of hydrogen-bond donors (Lipinski definition) is 2. The summed E-state index contributed by atoms with van der Waals surface area (Å²) in [6.45, 7) is 9.59. The Balaban J connectivity index is 2.26. The molecule has 0 aromatic heterocycles. The van der Waals surface area contributed by atoms with Crippen LogP contribution in [0.2, 0.25) is 0 Å². The largest absolute Gasteiger partial charge is 0.313 e. The fourth-order valence-corrected chi connectivity index (χ4v) is 1.75. The smallest absolute Gasteiger partial charge is 0.0208 e. The fourth-order valence-electron chi connectivity index (χ4n) is 1.75. The Bertz CT molecular complexity index is 295. The van der Waals surface area contributed by atoms with Crippen LogP contribution in [0.5, 0.6) is 0 Å². The summed E-state index contributed by atoms with van der Waals surface area (Å²) < 4.78 is 0. The Kier molecular flexibility index (Phi) is 6.12. The molecule has 2 N–H and O–H groups in total. The highest BCUT2D eigenvalue weighted by atomic mass is 15.0. The van der Waals surface area contributed by atoms with Gasteiger partial charge in [-0.2, -0.15) is 0 Å². The molecule has 1 aromatic rings. The summed E-state index contributed by atoms with van der Waals surface area (Å²) in [6.07, 6.45) is 1.11. The van der Waals surface area contributed by atoms with Crippen LogP contribution in [0.1, 0.15) is 31.9 Å². The van der Waals surface area contributed by atoms with Crippen LogP contribution in [0.3, 0.4) is 0 Å². The molecule has 0 saturated carbocycles. The van der Waals surface area contributed by atoms with Gasteiger partial charge in [0, 0.05) is 25.7 Å². The summed E-state index contributed by atoms with van der Waals surface area (Å²) in [4.78, 5) is 0. The van der Waals surface area contributed by atoms with Crippen molar-refractivity contribution in [1.82, 2.24) is 10.6 Å². The maximum absolute atomic E-state index is 3.47. The maximum Gasteiger partial charge on any atom is 0.0208 e. The first-order chi connectivity index (χ1) is 7.74. The molecule has 0 aliphatic carbocycles. The average Bonchev–Trinajstić information content (AvgIpc) is 2.29. The van der Waals surface area contributed by atoms with E-state index < -0.39 is 0 Å². The summed E-state index contributed by atoms with van der Waals surface area (Å²) in [5, 5.41) is 6.87. The van der Waals surface area contributed by atoms with Crippen molar-refractivity contribution in [1.29, 1.82) is 0 Å². The van der Waals surface area contributed by atoms with Gasteiger partial charge in [-0.3, -0.25) is 0 Å². The molecule has 0 amide bonds. The zero-order valence-corrected chi connectivity index (χ0v) is 10.7. The van der Waals surface area contributed by atoms with Gasteiger partial charge in [-0.05, 0) is 17.5 Å². The molecular weight excluding hydrogens is 196 g/mol. The molecule has 0 heterocycles. The highest BCUT2D eigenvalue weighted by molar-refractivity contribution is 5.26. The number of hydrogen-bond acceptors (Lipinski definition) is 2. The first-order valence-corrected chi connectivity index (χ1v) is 6.25. The van der Waals surface area contributed by atoms with Crippen LogP contribution in [0.4, 0.5) is 0 Å². The summed E-state index contributed by atoms with van der Waals surface area (Å²) in [5.74, 6) is 0. The Morgan fingerprint density at radius 2 is 1.75 bits per heavy atom. The van der Waals surface area contributed by atoms with E-state index in [1.165, 1.54) is 11.1 Å². The standard InChI is InChI=1S/C14H24N2/c1-4-13-7-5-6-8-14(13)11-15-9-10-16-12(2)3/h5-8,12,15-16H,4,9-11H2,1-3H3. The molecule has 0 atom stereocenters. The highest BCUT2D eigenvalue weighted by Gasteiger charge is 1.98. The zero-order valence-electron chi connectivity index (χ0n) is 10.7. The lowest BCUT2D eigenvalue weighted by Crippen LogP contribution is -2.31. The van der Waals surface area contributed by atoms with E-state index in [1.807, 2.05) is 0 Å². The monoisotopic (exact) mass is 220 g/mol. The number of benzene rings is 1. The van der Waals surface area contributed by atoms with Crippen LogP contribution in [0.15, 0.2) is 24.3 Å². The Morgan fingerprint density at radius 3 is 2.38 bits per heavy atom. The van der Waals surface area contributed by atoms with Gasteiger partial charge in [0.15, 0.2) is 0 Å².